The molecule has 2 N–H and O–H groups in total. The Labute approximate surface area is 120 Å². The van der Waals surface area contributed by atoms with E-state index >= 15 is 0 Å². The zero-order chi connectivity index (χ0) is 15.3. The lowest BCUT2D eigenvalue weighted by Gasteiger charge is -2.22. The highest BCUT2D eigenvalue weighted by atomic mass is 16.5. The zero-order valence-corrected chi connectivity index (χ0v) is 12.8. The Bertz CT molecular complexity index is 458. The Balaban J connectivity index is 2.83. The lowest BCUT2D eigenvalue weighted by atomic mass is 10.1. The smallest absolute Gasteiger partial charge is 0.260 e. The molecule has 1 unspecified atom stereocenters. The second kappa shape index (κ2) is 7.14. The lowest BCUT2D eigenvalue weighted by Crippen LogP contribution is -2.36. The van der Waals surface area contributed by atoms with Crippen molar-refractivity contribution in [3.63, 3.8) is 0 Å². The average Bonchev–Trinajstić information content (AvgIpc) is 2.42. The highest BCUT2D eigenvalue weighted by Crippen LogP contribution is 2.28. The number of ether oxygens (including phenoxy) is 2. The van der Waals surface area contributed by atoms with E-state index < -0.39 is 0 Å². The molecule has 5 heteroatoms. The fourth-order valence-electron chi connectivity index (χ4n) is 1.67. The van der Waals surface area contributed by atoms with Crippen LogP contribution in [0.15, 0.2) is 18.2 Å². The molecular formula is C15H24N2O3. The van der Waals surface area contributed by atoms with Gasteiger partial charge in [-0.2, -0.15) is 0 Å². The van der Waals surface area contributed by atoms with E-state index in [9.17, 15) is 4.79 Å². The number of likely N-dealkylation sites (N-methyl/N-ethyl adjacent to an activating group) is 1. The van der Waals surface area contributed by atoms with Crippen molar-refractivity contribution < 1.29 is 14.3 Å². The molecule has 20 heavy (non-hydrogen) atoms. The van der Waals surface area contributed by atoms with E-state index in [1.807, 2.05) is 32.9 Å². The summed E-state index contributed by atoms with van der Waals surface area (Å²) in [7, 11) is 3.34. The number of benzene rings is 1. The van der Waals surface area contributed by atoms with Crippen molar-refractivity contribution in [3.8, 4) is 11.5 Å². The molecular weight excluding hydrogens is 256 g/mol. The number of rotatable bonds is 6. The summed E-state index contributed by atoms with van der Waals surface area (Å²) in [6.45, 7) is 5.77. The number of carbonyl (C=O) groups excluding carboxylic acids is 1. The van der Waals surface area contributed by atoms with Gasteiger partial charge in [0.25, 0.3) is 5.91 Å². The van der Waals surface area contributed by atoms with Crippen LogP contribution in [0.3, 0.4) is 0 Å². The van der Waals surface area contributed by atoms with Crippen molar-refractivity contribution >= 4 is 5.91 Å². The summed E-state index contributed by atoms with van der Waals surface area (Å²) in [4.78, 5) is 13.6. The normalized spacial score (nSPS) is 12.2. The van der Waals surface area contributed by atoms with Gasteiger partial charge in [0.05, 0.1) is 7.11 Å². The minimum atomic E-state index is -0.172. The van der Waals surface area contributed by atoms with Crippen LogP contribution in [0.1, 0.15) is 32.4 Å². The molecule has 0 radical (unpaired) electrons. The largest absolute Gasteiger partial charge is 0.497 e. The first-order chi connectivity index (χ1) is 9.36. The molecule has 1 aromatic carbocycles. The Hall–Kier alpha value is -1.75. The van der Waals surface area contributed by atoms with E-state index in [0.717, 1.165) is 5.56 Å². The highest BCUT2D eigenvalue weighted by molar-refractivity contribution is 5.77. The first kappa shape index (κ1) is 16.3. The summed E-state index contributed by atoms with van der Waals surface area (Å²) >= 11 is 0. The molecule has 0 fully saturated rings. The van der Waals surface area contributed by atoms with E-state index in [0.29, 0.717) is 11.5 Å². The number of nitrogens with zero attached hydrogens (tertiary/aromatic N) is 1. The molecule has 1 aromatic rings. The first-order valence-electron chi connectivity index (χ1n) is 6.68. The monoisotopic (exact) mass is 280 g/mol. The molecule has 1 amide bonds. The summed E-state index contributed by atoms with van der Waals surface area (Å²) in [5.74, 6) is 1.19. The van der Waals surface area contributed by atoms with E-state index in [-0.39, 0.29) is 24.6 Å². The Morgan fingerprint density at radius 1 is 1.35 bits per heavy atom. The van der Waals surface area contributed by atoms with Crippen LogP contribution in [0, 0.1) is 0 Å². The van der Waals surface area contributed by atoms with E-state index in [2.05, 4.69) is 0 Å². The van der Waals surface area contributed by atoms with Crippen LogP contribution in [0.5, 0.6) is 11.5 Å². The number of nitrogens with two attached hydrogens (primary N) is 1. The van der Waals surface area contributed by atoms with Crippen molar-refractivity contribution in [2.75, 3.05) is 20.8 Å². The van der Waals surface area contributed by atoms with Crippen molar-refractivity contribution in [2.24, 2.45) is 5.73 Å². The number of hydrogen-bond donors (Lipinski definition) is 1. The SMILES string of the molecule is COc1ccc(C(C)N)c(OCC(=O)N(C)C(C)C)c1. The maximum Gasteiger partial charge on any atom is 0.260 e. The van der Waals surface area contributed by atoms with E-state index in [4.69, 9.17) is 15.2 Å². The van der Waals surface area contributed by atoms with Crippen molar-refractivity contribution in [2.45, 2.75) is 32.9 Å². The molecule has 0 heterocycles. The van der Waals surface area contributed by atoms with Crippen molar-refractivity contribution in [3.05, 3.63) is 23.8 Å². The molecule has 1 rings (SSSR count). The second-order valence-corrected chi connectivity index (χ2v) is 5.08. The fourth-order valence-corrected chi connectivity index (χ4v) is 1.67. The molecule has 0 bridgehead atoms. The van der Waals surface area contributed by atoms with Gasteiger partial charge in [0, 0.05) is 30.8 Å². The van der Waals surface area contributed by atoms with Crippen LogP contribution in [0.4, 0.5) is 0 Å². The maximum atomic E-state index is 11.9. The van der Waals surface area contributed by atoms with E-state index in [1.165, 1.54) is 0 Å². The summed E-state index contributed by atoms with van der Waals surface area (Å²) in [5.41, 5.74) is 6.76. The summed E-state index contributed by atoms with van der Waals surface area (Å²) in [5, 5.41) is 0. The molecule has 112 valence electrons. The van der Waals surface area contributed by atoms with Gasteiger partial charge in [0.15, 0.2) is 6.61 Å². The number of carbonyl (C=O) groups is 1. The standard InChI is InChI=1S/C15H24N2O3/c1-10(2)17(4)15(18)9-20-14-8-12(19-5)6-7-13(14)11(3)16/h6-8,10-11H,9,16H2,1-5H3. The van der Waals surface area contributed by atoms with Gasteiger partial charge < -0.3 is 20.1 Å². The molecule has 0 saturated carbocycles. The van der Waals surface area contributed by atoms with Crippen LogP contribution < -0.4 is 15.2 Å². The van der Waals surface area contributed by atoms with Gasteiger partial charge in [0.1, 0.15) is 11.5 Å². The molecule has 0 aliphatic rings. The Morgan fingerprint density at radius 3 is 2.50 bits per heavy atom. The topological polar surface area (TPSA) is 64.8 Å². The summed E-state index contributed by atoms with van der Waals surface area (Å²) in [6.07, 6.45) is 0. The predicted octanol–water partition coefficient (Wildman–Crippen LogP) is 1.96. The second-order valence-electron chi connectivity index (χ2n) is 5.08. The molecule has 0 aliphatic heterocycles. The van der Waals surface area contributed by atoms with Crippen LogP contribution >= 0.6 is 0 Å². The highest BCUT2D eigenvalue weighted by Gasteiger charge is 2.15. The predicted molar refractivity (Wildman–Crippen MR) is 79.0 cm³/mol. The Morgan fingerprint density at radius 2 is 2.00 bits per heavy atom. The fraction of sp³-hybridized carbons (Fsp3) is 0.533. The third kappa shape index (κ3) is 4.13. The average molecular weight is 280 g/mol. The minimum Gasteiger partial charge on any atom is -0.497 e. The molecule has 0 aliphatic carbocycles. The third-order valence-electron chi connectivity index (χ3n) is 3.23. The van der Waals surface area contributed by atoms with Gasteiger partial charge in [0.2, 0.25) is 0 Å². The summed E-state index contributed by atoms with van der Waals surface area (Å²) in [6, 6.07) is 5.41. The van der Waals surface area contributed by atoms with E-state index in [1.54, 1.807) is 25.1 Å². The molecule has 0 saturated heterocycles. The molecule has 5 nitrogen and oxygen atoms in total. The van der Waals surface area contributed by atoms with Gasteiger partial charge in [-0.25, -0.2) is 0 Å². The van der Waals surface area contributed by atoms with Crippen LogP contribution in [0.25, 0.3) is 0 Å². The van der Waals surface area contributed by atoms with Crippen LogP contribution in [-0.2, 0) is 4.79 Å². The molecule has 0 spiro atoms. The number of methoxy groups -OCH3 is 1. The summed E-state index contributed by atoms with van der Waals surface area (Å²) < 4.78 is 10.8. The number of hydrogen-bond acceptors (Lipinski definition) is 4. The van der Waals surface area contributed by atoms with Gasteiger partial charge >= 0.3 is 0 Å². The van der Waals surface area contributed by atoms with Gasteiger partial charge in [-0.15, -0.1) is 0 Å². The molecule has 1 atom stereocenters. The Kier molecular flexibility index (Phi) is 5.82. The molecule has 0 aromatic heterocycles. The zero-order valence-electron chi connectivity index (χ0n) is 12.8. The van der Waals surface area contributed by atoms with Crippen LogP contribution in [-0.4, -0.2) is 37.6 Å². The third-order valence-corrected chi connectivity index (χ3v) is 3.23. The van der Waals surface area contributed by atoms with Crippen molar-refractivity contribution in [1.29, 1.82) is 0 Å². The van der Waals surface area contributed by atoms with Gasteiger partial charge in [-0.3, -0.25) is 4.79 Å². The van der Waals surface area contributed by atoms with Crippen LogP contribution in [0.2, 0.25) is 0 Å². The maximum absolute atomic E-state index is 11.9. The van der Waals surface area contributed by atoms with Gasteiger partial charge in [-0.05, 0) is 26.8 Å². The first-order valence-corrected chi connectivity index (χ1v) is 6.68. The number of amides is 1. The van der Waals surface area contributed by atoms with Crippen molar-refractivity contribution in [1.82, 2.24) is 4.90 Å². The lowest BCUT2D eigenvalue weighted by molar-refractivity contribution is -0.133. The minimum absolute atomic E-state index is 0.0123. The van der Waals surface area contributed by atoms with Gasteiger partial charge in [-0.1, -0.05) is 6.07 Å². The quantitative estimate of drug-likeness (QED) is 0.865.